The molecule has 4 rings (SSSR count). The van der Waals surface area contributed by atoms with Crippen molar-refractivity contribution < 1.29 is 9.18 Å². The van der Waals surface area contributed by atoms with Gasteiger partial charge in [0.25, 0.3) is 0 Å². The van der Waals surface area contributed by atoms with Crippen molar-refractivity contribution >= 4 is 11.6 Å². The molecule has 2 saturated heterocycles. The summed E-state index contributed by atoms with van der Waals surface area (Å²) < 4.78 is 14.0. The van der Waals surface area contributed by atoms with Crippen molar-refractivity contribution in [3.8, 4) is 0 Å². The minimum atomic E-state index is -0.337. The second-order valence-electron chi connectivity index (χ2n) is 7.46. The summed E-state index contributed by atoms with van der Waals surface area (Å²) in [6, 6.07) is 11.7. The Hall–Kier alpha value is -2.27. The molecule has 1 unspecified atom stereocenters. The lowest BCUT2D eigenvalue weighted by Gasteiger charge is -2.47. The summed E-state index contributed by atoms with van der Waals surface area (Å²) in [5.74, 6) is -0.0390. The van der Waals surface area contributed by atoms with Gasteiger partial charge in [-0.3, -0.25) is 14.7 Å². The van der Waals surface area contributed by atoms with E-state index in [1.807, 2.05) is 35.2 Å². The van der Waals surface area contributed by atoms with Gasteiger partial charge < -0.3 is 4.90 Å². The number of carbonyl (C=O) groups excluding carboxylic acids is 1. The Labute approximate surface area is 153 Å². The molecule has 26 heavy (non-hydrogen) atoms. The van der Waals surface area contributed by atoms with Crippen LogP contribution in [-0.2, 0) is 11.3 Å². The number of rotatable bonds is 3. The first kappa shape index (κ1) is 17.2. The van der Waals surface area contributed by atoms with Crippen molar-refractivity contribution in [3.05, 3.63) is 60.2 Å². The van der Waals surface area contributed by atoms with Crippen LogP contribution in [0.2, 0.25) is 0 Å². The third-order valence-corrected chi connectivity index (χ3v) is 5.71. The van der Waals surface area contributed by atoms with E-state index in [1.54, 1.807) is 12.3 Å². The summed E-state index contributed by atoms with van der Waals surface area (Å²) in [5.41, 5.74) is 1.30. The second kappa shape index (κ2) is 7.16. The van der Waals surface area contributed by atoms with Gasteiger partial charge in [-0.2, -0.15) is 0 Å². The summed E-state index contributed by atoms with van der Waals surface area (Å²) in [6.07, 6.45) is 6.72. The highest BCUT2D eigenvalue weighted by atomic mass is 19.1. The molecule has 0 bridgehead atoms. The fourth-order valence-corrected chi connectivity index (χ4v) is 4.44. The number of carbonyl (C=O) groups is 1. The van der Waals surface area contributed by atoms with Gasteiger partial charge in [-0.1, -0.05) is 18.2 Å². The minimum absolute atomic E-state index is 0.231. The number of nitrogens with zero attached hydrogens (tertiary/aromatic N) is 3. The molecule has 5 heteroatoms. The summed E-state index contributed by atoms with van der Waals surface area (Å²) in [5, 5.41) is 0. The van der Waals surface area contributed by atoms with Crippen molar-refractivity contribution in [1.82, 2.24) is 9.88 Å². The molecule has 1 aromatic carbocycles. The zero-order chi connectivity index (χ0) is 18.0. The summed E-state index contributed by atoms with van der Waals surface area (Å²) in [6.45, 7) is 2.93. The molecule has 2 aliphatic heterocycles. The predicted molar refractivity (Wildman–Crippen MR) is 99.2 cm³/mol. The maximum absolute atomic E-state index is 14.0. The van der Waals surface area contributed by atoms with Gasteiger partial charge in [0.2, 0.25) is 5.91 Å². The molecular formula is C21H24FN3O. The number of pyridine rings is 1. The Balaban J connectivity index is 1.53. The van der Waals surface area contributed by atoms with E-state index in [1.165, 1.54) is 6.20 Å². The van der Waals surface area contributed by atoms with E-state index in [4.69, 9.17) is 0 Å². The Morgan fingerprint density at radius 2 is 1.85 bits per heavy atom. The van der Waals surface area contributed by atoms with Crippen molar-refractivity contribution in [2.24, 2.45) is 5.41 Å². The lowest BCUT2D eigenvalue weighted by Crippen LogP contribution is -2.56. The molecule has 2 aromatic rings. The van der Waals surface area contributed by atoms with Crippen molar-refractivity contribution in [2.75, 3.05) is 24.5 Å². The molecule has 3 heterocycles. The average Bonchev–Trinajstić information content (AvgIpc) is 2.67. The molecular weight excluding hydrogens is 329 g/mol. The zero-order valence-electron chi connectivity index (χ0n) is 14.9. The number of hydrogen-bond acceptors (Lipinski definition) is 3. The van der Waals surface area contributed by atoms with E-state index in [-0.39, 0.29) is 17.1 Å². The number of likely N-dealkylation sites (tertiary alicyclic amines) is 1. The van der Waals surface area contributed by atoms with Gasteiger partial charge in [-0.05, 0) is 50.4 Å². The lowest BCUT2D eigenvalue weighted by atomic mass is 9.72. The molecule has 4 nitrogen and oxygen atoms in total. The monoisotopic (exact) mass is 353 g/mol. The molecule has 1 atom stereocenters. The third-order valence-electron chi connectivity index (χ3n) is 5.71. The van der Waals surface area contributed by atoms with Crippen molar-refractivity contribution in [3.63, 3.8) is 0 Å². The number of aromatic nitrogens is 1. The maximum Gasteiger partial charge on any atom is 0.234 e. The minimum Gasteiger partial charge on any atom is -0.312 e. The van der Waals surface area contributed by atoms with Crippen molar-refractivity contribution in [1.29, 1.82) is 0 Å². The molecule has 0 saturated carbocycles. The summed E-state index contributed by atoms with van der Waals surface area (Å²) in [7, 11) is 0. The molecule has 1 amide bonds. The van der Waals surface area contributed by atoms with Crippen LogP contribution in [0.5, 0.6) is 0 Å². The largest absolute Gasteiger partial charge is 0.312 e. The highest BCUT2D eigenvalue weighted by Gasteiger charge is 2.46. The average molecular weight is 353 g/mol. The number of benzene rings is 1. The van der Waals surface area contributed by atoms with Crippen LogP contribution in [0, 0.1) is 11.2 Å². The topological polar surface area (TPSA) is 36.4 Å². The molecule has 2 aliphatic rings. The number of anilines is 1. The van der Waals surface area contributed by atoms with E-state index in [2.05, 4.69) is 9.88 Å². The fourth-order valence-electron chi connectivity index (χ4n) is 4.44. The van der Waals surface area contributed by atoms with Crippen molar-refractivity contribution in [2.45, 2.75) is 32.2 Å². The predicted octanol–water partition coefficient (Wildman–Crippen LogP) is 3.63. The van der Waals surface area contributed by atoms with Crippen LogP contribution in [-0.4, -0.2) is 35.4 Å². The standard InChI is InChI=1S/C21H24FN3O/c22-19-14-23-11-8-17(19)15-24-12-4-9-21(16-24)10-5-13-25(20(21)26)18-6-2-1-3-7-18/h1-3,6-8,11,14H,4-5,9-10,12-13,15-16H2. The first-order valence-corrected chi connectivity index (χ1v) is 9.36. The van der Waals surface area contributed by atoms with E-state index in [9.17, 15) is 9.18 Å². The summed E-state index contributed by atoms with van der Waals surface area (Å²) in [4.78, 5) is 21.4. The van der Waals surface area contributed by atoms with Crippen LogP contribution < -0.4 is 4.90 Å². The highest BCUT2D eigenvalue weighted by Crippen LogP contribution is 2.41. The van der Waals surface area contributed by atoms with Gasteiger partial charge in [-0.25, -0.2) is 4.39 Å². The molecule has 0 N–H and O–H groups in total. The quantitative estimate of drug-likeness (QED) is 0.845. The van der Waals surface area contributed by atoms with Gasteiger partial charge in [0, 0.05) is 37.1 Å². The van der Waals surface area contributed by atoms with Crippen LogP contribution in [0.4, 0.5) is 10.1 Å². The van der Waals surface area contributed by atoms with Gasteiger partial charge in [0.1, 0.15) is 5.82 Å². The fraction of sp³-hybridized carbons (Fsp3) is 0.429. The number of halogens is 1. The smallest absolute Gasteiger partial charge is 0.234 e. The number of piperidine rings is 2. The van der Waals surface area contributed by atoms with Gasteiger partial charge in [-0.15, -0.1) is 0 Å². The first-order valence-electron chi connectivity index (χ1n) is 9.36. The number of amides is 1. The third kappa shape index (κ3) is 3.23. The Kier molecular flexibility index (Phi) is 4.72. The van der Waals surface area contributed by atoms with Gasteiger partial charge >= 0.3 is 0 Å². The second-order valence-corrected chi connectivity index (χ2v) is 7.46. The summed E-state index contributed by atoms with van der Waals surface area (Å²) >= 11 is 0. The van der Waals surface area contributed by atoms with E-state index in [0.717, 1.165) is 44.5 Å². The van der Waals surface area contributed by atoms with Crippen LogP contribution in [0.1, 0.15) is 31.2 Å². The van der Waals surface area contributed by atoms with E-state index in [0.29, 0.717) is 18.7 Å². The molecule has 0 radical (unpaired) electrons. The van der Waals surface area contributed by atoms with Gasteiger partial charge in [0.05, 0.1) is 11.6 Å². The van der Waals surface area contributed by atoms with Crippen LogP contribution in [0.25, 0.3) is 0 Å². The van der Waals surface area contributed by atoms with Gasteiger partial charge in [0.15, 0.2) is 0 Å². The van der Waals surface area contributed by atoms with E-state index >= 15 is 0 Å². The lowest BCUT2D eigenvalue weighted by molar-refractivity contribution is -0.134. The maximum atomic E-state index is 14.0. The molecule has 1 aromatic heterocycles. The first-order chi connectivity index (χ1) is 12.7. The molecule has 0 aliphatic carbocycles. The normalized spacial score (nSPS) is 24.2. The number of para-hydroxylation sites is 1. The Morgan fingerprint density at radius 1 is 1.08 bits per heavy atom. The van der Waals surface area contributed by atoms with Crippen LogP contribution in [0.15, 0.2) is 48.8 Å². The van der Waals surface area contributed by atoms with Crippen LogP contribution in [0.3, 0.4) is 0 Å². The molecule has 136 valence electrons. The molecule has 1 spiro atoms. The Bertz CT molecular complexity index is 778. The highest BCUT2D eigenvalue weighted by molar-refractivity contribution is 5.98. The number of hydrogen-bond donors (Lipinski definition) is 0. The Morgan fingerprint density at radius 3 is 2.62 bits per heavy atom. The van der Waals surface area contributed by atoms with E-state index < -0.39 is 0 Å². The SMILES string of the molecule is O=C1N(c2ccccc2)CCCC12CCCN(Cc1ccncc1F)C2. The zero-order valence-corrected chi connectivity index (χ0v) is 14.9. The van der Waals surface area contributed by atoms with Crippen LogP contribution >= 0.6 is 0 Å². The molecule has 2 fully saturated rings.